The summed E-state index contributed by atoms with van der Waals surface area (Å²) in [7, 11) is 0. The van der Waals surface area contributed by atoms with E-state index >= 15 is 0 Å². The Morgan fingerprint density at radius 3 is 1.88 bits per heavy atom. The van der Waals surface area contributed by atoms with E-state index in [2.05, 4.69) is 111 Å². The van der Waals surface area contributed by atoms with Crippen LogP contribution in [-0.4, -0.2) is 5.43 Å². The Bertz CT molecular complexity index is 1260. The van der Waals surface area contributed by atoms with Crippen molar-refractivity contribution < 1.29 is 48.1 Å². The van der Waals surface area contributed by atoms with Gasteiger partial charge in [0.2, 0.25) is 0 Å². The maximum absolute atomic E-state index is 2.44. The van der Waals surface area contributed by atoms with Gasteiger partial charge in [0.25, 0.3) is 0 Å². The van der Waals surface area contributed by atoms with Crippen LogP contribution in [0, 0.1) is 0 Å². The first-order valence-corrected chi connectivity index (χ1v) is 18.0. The van der Waals surface area contributed by atoms with Gasteiger partial charge < -0.3 is 24.8 Å². The van der Waals surface area contributed by atoms with Crippen LogP contribution < -0.4 is 24.8 Å². The molecular formula is C30H39Cl2SiZr-. The molecule has 0 bridgehead atoms. The van der Waals surface area contributed by atoms with Gasteiger partial charge in [-0.15, -0.1) is 33.7 Å². The number of hydrogen-bond donors (Lipinski definition) is 0. The number of fused-ring (bicyclic) bond motifs is 3. The van der Waals surface area contributed by atoms with Crippen molar-refractivity contribution in [2.75, 3.05) is 0 Å². The molecule has 0 nitrogen and oxygen atoms in total. The number of rotatable bonds is 1. The van der Waals surface area contributed by atoms with E-state index in [1.165, 1.54) is 55.0 Å². The Hall–Kier alpha value is -0.530. The predicted octanol–water partition coefficient (Wildman–Crippen LogP) is 3.22. The van der Waals surface area contributed by atoms with Crippen molar-refractivity contribution >= 4 is 32.6 Å². The van der Waals surface area contributed by atoms with Crippen LogP contribution in [0.1, 0.15) is 78.5 Å². The average Bonchev–Trinajstić information content (AvgIpc) is 3.19. The summed E-state index contributed by atoms with van der Waals surface area (Å²) in [6.45, 7) is 23.0. The Kier molecular flexibility index (Phi) is 10.8. The van der Waals surface area contributed by atoms with Gasteiger partial charge >= 0.3 is 41.9 Å². The minimum absolute atomic E-state index is 0. The smallest absolute Gasteiger partial charge is 1.00 e. The zero-order valence-electron chi connectivity index (χ0n) is 22.5. The summed E-state index contributed by atoms with van der Waals surface area (Å²) in [5, 5.41) is 5.57. The minimum Gasteiger partial charge on any atom is -1.00 e. The summed E-state index contributed by atoms with van der Waals surface area (Å²) in [6, 6.07) is 14.2. The second-order valence-corrected chi connectivity index (χ2v) is 21.0. The van der Waals surface area contributed by atoms with Crippen molar-refractivity contribution in [1.29, 1.82) is 0 Å². The summed E-state index contributed by atoms with van der Waals surface area (Å²) < 4.78 is 0. The first-order chi connectivity index (χ1) is 14.7. The fourth-order valence-corrected chi connectivity index (χ4v) is 4.59. The van der Waals surface area contributed by atoms with Gasteiger partial charge in [-0.2, -0.15) is 0 Å². The normalized spacial score (nSPS) is 13.8. The Labute approximate surface area is 235 Å². The van der Waals surface area contributed by atoms with Gasteiger partial charge in [0.1, 0.15) is 0 Å². The number of hydrogen-bond acceptors (Lipinski definition) is 0. The first kappa shape index (κ1) is 31.5. The van der Waals surface area contributed by atoms with Gasteiger partial charge in [-0.3, -0.25) is 0 Å². The van der Waals surface area contributed by atoms with Crippen molar-refractivity contribution in [3.05, 3.63) is 70.3 Å². The van der Waals surface area contributed by atoms with E-state index in [0.29, 0.717) is 0 Å². The van der Waals surface area contributed by atoms with Crippen LogP contribution in [0.3, 0.4) is 0 Å². The molecule has 0 N–H and O–H groups in total. The monoisotopic (exact) mass is 587 g/mol. The molecular weight excluding hydrogens is 551 g/mol. The molecule has 0 aliphatic heterocycles. The van der Waals surface area contributed by atoms with E-state index in [-0.39, 0.29) is 41.1 Å². The van der Waals surface area contributed by atoms with Gasteiger partial charge in [0.15, 0.2) is 0 Å². The predicted molar refractivity (Wildman–Crippen MR) is 143 cm³/mol. The Balaban J connectivity index is 0.000000895. The quantitative estimate of drug-likeness (QED) is 0.302. The van der Waals surface area contributed by atoms with Gasteiger partial charge in [0.05, 0.1) is 0 Å². The summed E-state index contributed by atoms with van der Waals surface area (Å²) in [4.78, 5) is 0. The van der Waals surface area contributed by atoms with Crippen LogP contribution in [0.15, 0.2) is 53.6 Å². The maximum atomic E-state index is 2.44. The van der Waals surface area contributed by atoms with E-state index in [9.17, 15) is 0 Å². The van der Waals surface area contributed by atoms with Crippen molar-refractivity contribution in [2.45, 2.75) is 85.7 Å². The molecule has 182 valence electrons. The second kappa shape index (κ2) is 11.7. The van der Waals surface area contributed by atoms with Crippen LogP contribution in [0.4, 0.5) is 0 Å². The molecule has 34 heavy (non-hydrogen) atoms. The summed E-state index contributed by atoms with van der Waals surface area (Å²) in [6.07, 6.45) is 3.44. The fraction of sp³-hybridized carbons (Fsp3) is 0.433. The molecule has 1 aliphatic rings. The summed E-state index contributed by atoms with van der Waals surface area (Å²) >= 11 is 1.74. The van der Waals surface area contributed by atoms with Crippen LogP contribution in [0.5, 0.6) is 0 Å². The molecule has 4 rings (SSSR count). The molecule has 3 aromatic carbocycles. The SMILES string of the molecule is CC1=CCC(c2c(C(C)(C)C)ccc3c2[cH-]c2cc(C(C)(C)C)ccc23)=C1C.C[Si](C)=[Zr+2].[Cl-].[Cl-]. The van der Waals surface area contributed by atoms with Crippen molar-refractivity contribution in [1.82, 2.24) is 0 Å². The molecule has 0 saturated carbocycles. The Morgan fingerprint density at radius 1 is 0.853 bits per heavy atom. The molecule has 0 saturated heterocycles. The molecule has 3 aromatic rings. The number of halogens is 2. The van der Waals surface area contributed by atoms with Gasteiger partial charge in [-0.1, -0.05) is 105 Å². The van der Waals surface area contributed by atoms with E-state index in [0.717, 1.165) is 6.42 Å². The maximum Gasteiger partial charge on any atom is -1.00 e. The first-order valence-electron chi connectivity index (χ1n) is 11.8. The zero-order valence-corrected chi connectivity index (χ0v) is 27.5. The molecule has 0 radical (unpaired) electrons. The molecule has 0 atom stereocenters. The minimum atomic E-state index is 0. The molecule has 4 heteroatoms. The van der Waals surface area contributed by atoms with Crippen molar-refractivity contribution in [2.24, 2.45) is 0 Å². The number of allylic oxidation sites excluding steroid dienone is 4. The van der Waals surface area contributed by atoms with Gasteiger partial charge in [-0.25, -0.2) is 0 Å². The van der Waals surface area contributed by atoms with E-state index in [1.807, 2.05) is 0 Å². The second-order valence-electron chi connectivity index (χ2n) is 11.6. The van der Waals surface area contributed by atoms with Crippen LogP contribution in [0.2, 0.25) is 13.1 Å². The third-order valence-electron chi connectivity index (χ3n) is 6.52. The third kappa shape index (κ3) is 6.61. The van der Waals surface area contributed by atoms with Crippen LogP contribution in [-0.2, 0) is 34.2 Å². The third-order valence-corrected chi connectivity index (χ3v) is 6.52. The largest absolute Gasteiger partial charge is 1.00 e. The van der Waals surface area contributed by atoms with Crippen LogP contribution in [0.25, 0.3) is 27.1 Å². The molecule has 0 heterocycles. The van der Waals surface area contributed by atoms with Gasteiger partial charge in [-0.05, 0) is 31.1 Å². The molecule has 1 aliphatic carbocycles. The fourth-order valence-electron chi connectivity index (χ4n) is 4.59. The van der Waals surface area contributed by atoms with E-state index in [4.69, 9.17) is 0 Å². The van der Waals surface area contributed by atoms with Crippen LogP contribution >= 0.6 is 0 Å². The standard InChI is InChI=1S/C28H33.C2H6Si.2ClH.Zr/c1-17-9-11-21(18(17)2)26-24-16-19-15-20(27(3,4)5)10-12-22(19)23(24)13-14-25(26)28(6,7)8;1-3-2;;;/h9-10,12-16H,11H2,1-8H3;1-2H3;2*1H;/q-1;;;;+2/p-2. The molecule has 0 fully saturated rings. The number of benzene rings is 2. The molecule has 0 spiro atoms. The Morgan fingerprint density at radius 2 is 1.41 bits per heavy atom. The summed E-state index contributed by atoms with van der Waals surface area (Å²) in [5.74, 6) is 0. The molecule has 0 unspecified atom stereocenters. The van der Waals surface area contributed by atoms with Crippen molar-refractivity contribution in [3.8, 4) is 0 Å². The average molecular weight is 590 g/mol. The summed E-state index contributed by atoms with van der Waals surface area (Å²) in [5.41, 5.74) is 9.24. The topological polar surface area (TPSA) is 0 Å². The van der Waals surface area contributed by atoms with E-state index < -0.39 is 0 Å². The molecule has 0 aromatic heterocycles. The van der Waals surface area contributed by atoms with Crippen molar-refractivity contribution in [3.63, 3.8) is 0 Å². The van der Waals surface area contributed by atoms with E-state index in [1.54, 1.807) is 23.3 Å². The molecule has 0 amide bonds. The van der Waals surface area contributed by atoms with Gasteiger partial charge in [0, 0.05) is 0 Å². The zero-order chi connectivity index (χ0) is 24.0.